The first-order valence-corrected chi connectivity index (χ1v) is 7.08. The molecule has 0 aliphatic rings. The molecule has 0 spiro atoms. The molecule has 0 unspecified atom stereocenters. The molecule has 2 N–H and O–H groups in total. The SMILES string of the molecule is CNCCCNC(=O)c1cccc(-n2ccc(C(F)(F)F)n2)c1.Cl. The van der Waals surface area contributed by atoms with Crippen molar-refractivity contribution in [3.63, 3.8) is 0 Å². The number of amides is 1. The second-order valence-electron chi connectivity index (χ2n) is 4.91. The molecule has 0 atom stereocenters. The molecular weight excluding hydrogens is 345 g/mol. The molecule has 132 valence electrons. The maximum absolute atomic E-state index is 12.6. The summed E-state index contributed by atoms with van der Waals surface area (Å²) in [5, 5.41) is 9.22. The van der Waals surface area contributed by atoms with Crippen molar-refractivity contribution in [2.24, 2.45) is 0 Å². The number of hydrogen-bond donors (Lipinski definition) is 2. The van der Waals surface area contributed by atoms with Gasteiger partial charge in [-0.25, -0.2) is 4.68 Å². The molecule has 2 aromatic rings. The van der Waals surface area contributed by atoms with Crippen molar-refractivity contribution in [1.82, 2.24) is 20.4 Å². The van der Waals surface area contributed by atoms with Gasteiger partial charge in [0.15, 0.2) is 5.69 Å². The van der Waals surface area contributed by atoms with Crippen molar-refractivity contribution >= 4 is 18.3 Å². The summed E-state index contributed by atoms with van der Waals surface area (Å²) in [6, 6.07) is 7.19. The number of carbonyl (C=O) groups is 1. The maximum atomic E-state index is 12.6. The Morgan fingerprint density at radius 1 is 1.25 bits per heavy atom. The van der Waals surface area contributed by atoms with E-state index >= 15 is 0 Å². The van der Waals surface area contributed by atoms with Crippen LogP contribution in [0.4, 0.5) is 13.2 Å². The second kappa shape index (κ2) is 8.70. The van der Waals surface area contributed by atoms with Gasteiger partial charge in [0.25, 0.3) is 5.91 Å². The number of nitrogens with one attached hydrogen (secondary N) is 2. The van der Waals surface area contributed by atoms with E-state index in [2.05, 4.69) is 15.7 Å². The number of halogens is 4. The average molecular weight is 363 g/mol. The van der Waals surface area contributed by atoms with Gasteiger partial charge in [0.2, 0.25) is 0 Å². The van der Waals surface area contributed by atoms with Crippen LogP contribution < -0.4 is 10.6 Å². The molecule has 0 aliphatic heterocycles. The van der Waals surface area contributed by atoms with Gasteiger partial charge in [-0.2, -0.15) is 18.3 Å². The summed E-state index contributed by atoms with van der Waals surface area (Å²) in [4.78, 5) is 12.0. The van der Waals surface area contributed by atoms with Crippen molar-refractivity contribution in [2.45, 2.75) is 12.6 Å². The van der Waals surface area contributed by atoms with E-state index < -0.39 is 11.9 Å². The van der Waals surface area contributed by atoms with E-state index in [1.165, 1.54) is 12.3 Å². The fourth-order valence-electron chi connectivity index (χ4n) is 1.98. The van der Waals surface area contributed by atoms with Crippen molar-refractivity contribution in [1.29, 1.82) is 0 Å². The van der Waals surface area contributed by atoms with E-state index in [1.54, 1.807) is 18.2 Å². The minimum atomic E-state index is -4.49. The molecule has 0 aliphatic carbocycles. The minimum Gasteiger partial charge on any atom is -0.352 e. The number of nitrogens with zero attached hydrogens (tertiary/aromatic N) is 2. The summed E-state index contributed by atoms with van der Waals surface area (Å²) in [5.41, 5.74) is -0.209. The van der Waals surface area contributed by atoms with Crippen LogP contribution in [0, 0.1) is 0 Å². The van der Waals surface area contributed by atoms with E-state index in [4.69, 9.17) is 0 Å². The van der Waals surface area contributed by atoms with Gasteiger partial charge in [-0.05, 0) is 44.3 Å². The van der Waals surface area contributed by atoms with E-state index in [0.717, 1.165) is 23.7 Å². The minimum absolute atomic E-state index is 0. The van der Waals surface area contributed by atoms with Crippen LogP contribution >= 0.6 is 12.4 Å². The monoisotopic (exact) mass is 362 g/mol. The molecule has 0 radical (unpaired) electrons. The number of aromatic nitrogens is 2. The summed E-state index contributed by atoms with van der Waals surface area (Å²) < 4.78 is 38.8. The van der Waals surface area contributed by atoms with Crippen LogP contribution in [0.2, 0.25) is 0 Å². The van der Waals surface area contributed by atoms with Crippen LogP contribution in [0.5, 0.6) is 0 Å². The Labute approximate surface area is 143 Å². The van der Waals surface area contributed by atoms with Crippen LogP contribution in [0.3, 0.4) is 0 Å². The summed E-state index contributed by atoms with van der Waals surface area (Å²) >= 11 is 0. The lowest BCUT2D eigenvalue weighted by Gasteiger charge is -2.07. The Balaban J connectivity index is 0.00000288. The average Bonchev–Trinajstić information content (AvgIpc) is 3.02. The van der Waals surface area contributed by atoms with Crippen molar-refractivity contribution < 1.29 is 18.0 Å². The molecule has 5 nitrogen and oxygen atoms in total. The van der Waals surface area contributed by atoms with Crippen molar-refractivity contribution in [3.05, 3.63) is 47.8 Å². The number of alkyl halides is 3. The molecule has 0 saturated carbocycles. The summed E-state index contributed by atoms with van der Waals surface area (Å²) in [5.74, 6) is -0.272. The fraction of sp³-hybridized carbons (Fsp3) is 0.333. The van der Waals surface area contributed by atoms with Crippen LogP contribution in [0.25, 0.3) is 5.69 Å². The lowest BCUT2D eigenvalue weighted by molar-refractivity contribution is -0.141. The molecule has 2 rings (SSSR count). The van der Waals surface area contributed by atoms with Gasteiger partial charge in [-0.3, -0.25) is 4.79 Å². The first-order chi connectivity index (χ1) is 10.9. The summed E-state index contributed by atoms with van der Waals surface area (Å²) in [6.45, 7) is 1.30. The van der Waals surface area contributed by atoms with E-state index in [1.807, 2.05) is 7.05 Å². The molecule has 24 heavy (non-hydrogen) atoms. The maximum Gasteiger partial charge on any atom is 0.435 e. The van der Waals surface area contributed by atoms with Crippen molar-refractivity contribution in [2.75, 3.05) is 20.1 Å². The standard InChI is InChI=1S/C15H17F3N4O.ClH/c1-19-7-3-8-20-14(23)11-4-2-5-12(10-11)22-9-6-13(21-22)15(16,17)18;/h2,4-6,9-10,19H,3,7-8H2,1H3,(H,20,23);1H. The van der Waals surface area contributed by atoms with E-state index in [-0.39, 0.29) is 18.3 Å². The topological polar surface area (TPSA) is 58.9 Å². The zero-order valence-electron chi connectivity index (χ0n) is 12.9. The number of benzene rings is 1. The summed E-state index contributed by atoms with van der Waals surface area (Å²) in [6.07, 6.45) is -2.49. The quantitative estimate of drug-likeness (QED) is 0.777. The predicted molar refractivity (Wildman–Crippen MR) is 86.7 cm³/mol. The predicted octanol–water partition coefficient (Wildman–Crippen LogP) is 2.65. The normalized spacial score (nSPS) is 11.0. The highest BCUT2D eigenvalue weighted by Crippen LogP contribution is 2.27. The molecule has 1 heterocycles. The Hall–Kier alpha value is -2.06. The highest BCUT2D eigenvalue weighted by atomic mass is 35.5. The molecule has 1 aromatic heterocycles. The number of carbonyl (C=O) groups excluding carboxylic acids is 1. The zero-order valence-corrected chi connectivity index (χ0v) is 13.7. The molecular formula is C15H18ClF3N4O. The van der Waals surface area contributed by atoms with Gasteiger partial charge in [-0.1, -0.05) is 6.07 Å². The lowest BCUT2D eigenvalue weighted by Crippen LogP contribution is -2.26. The Morgan fingerprint density at radius 3 is 2.62 bits per heavy atom. The van der Waals surface area contributed by atoms with Crippen LogP contribution in [0.15, 0.2) is 36.5 Å². The number of rotatable bonds is 6. The van der Waals surface area contributed by atoms with Crippen LogP contribution in [0.1, 0.15) is 22.5 Å². The van der Waals surface area contributed by atoms with Gasteiger partial charge in [0, 0.05) is 18.3 Å². The fourth-order valence-corrected chi connectivity index (χ4v) is 1.98. The van der Waals surface area contributed by atoms with Crippen LogP contribution in [-0.4, -0.2) is 35.8 Å². The first-order valence-electron chi connectivity index (χ1n) is 7.08. The van der Waals surface area contributed by atoms with Crippen LogP contribution in [-0.2, 0) is 6.18 Å². The molecule has 0 fully saturated rings. The van der Waals surface area contributed by atoms with Crippen molar-refractivity contribution in [3.8, 4) is 5.69 Å². The Kier molecular flexibility index (Phi) is 7.24. The largest absolute Gasteiger partial charge is 0.435 e. The third-order valence-corrected chi connectivity index (χ3v) is 3.14. The highest BCUT2D eigenvalue weighted by molar-refractivity contribution is 5.94. The van der Waals surface area contributed by atoms with Gasteiger partial charge < -0.3 is 10.6 Å². The van der Waals surface area contributed by atoms with Gasteiger partial charge >= 0.3 is 6.18 Å². The smallest absolute Gasteiger partial charge is 0.352 e. The molecule has 9 heteroatoms. The zero-order chi connectivity index (χ0) is 16.9. The Bertz CT molecular complexity index is 673. The van der Waals surface area contributed by atoms with E-state index in [9.17, 15) is 18.0 Å². The third-order valence-electron chi connectivity index (χ3n) is 3.14. The summed E-state index contributed by atoms with van der Waals surface area (Å²) in [7, 11) is 1.82. The molecule has 0 bridgehead atoms. The molecule has 1 aromatic carbocycles. The lowest BCUT2D eigenvalue weighted by atomic mass is 10.2. The van der Waals surface area contributed by atoms with Gasteiger partial charge in [0.1, 0.15) is 0 Å². The Morgan fingerprint density at radius 2 is 2.00 bits per heavy atom. The second-order valence-corrected chi connectivity index (χ2v) is 4.91. The highest BCUT2D eigenvalue weighted by Gasteiger charge is 2.33. The van der Waals surface area contributed by atoms with Gasteiger partial charge in [0.05, 0.1) is 5.69 Å². The molecule has 0 saturated heterocycles. The first kappa shape index (κ1) is 20.0. The third kappa shape index (κ3) is 5.24. The van der Waals surface area contributed by atoms with Gasteiger partial charge in [-0.15, -0.1) is 12.4 Å². The molecule has 1 amide bonds. The van der Waals surface area contributed by atoms with E-state index in [0.29, 0.717) is 17.8 Å². The number of hydrogen-bond acceptors (Lipinski definition) is 3.